The van der Waals surface area contributed by atoms with Gasteiger partial charge in [-0.05, 0) is 29.8 Å². The van der Waals surface area contributed by atoms with E-state index in [2.05, 4.69) is 119 Å². The zero-order chi connectivity index (χ0) is 20.3. The molecule has 3 heterocycles. The van der Waals surface area contributed by atoms with Crippen LogP contribution in [0.25, 0.3) is 17.0 Å². The lowest BCUT2D eigenvalue weighted by molar-refractivity contribution is -0.717. The molecule has 0 bridgehead atoms. The SMILES string of the molecule is CN1/C(=C\c2cc[n+](CCC[n+]3ccccc3)c3ccccc23)Sc2ccccc21. The van der Waals surface area contributed by atoms with Gasteiger partial charge in [-0.1, -0.05) is 42.1 Å². The fourth-order valence-corrected chi connectivity index (χ4v) is 5.12. The summed E-state index contributed by atoms with van der Waals surface area (Å²) in [5.41, 5.74) is 3.83. The Bertz CT molecular complexity index is 1220. The quantitative estimate of drug-likeness (QED) is 0.426. The number of aromatic nitrogens is 2. The molecule has 0 aliphatic carbocycles. The maximum atomic E-state index is 2.38. The van der Waals surface area contributed by atoms with Gasteiger partial charge in [0.15, 0.2) is 31.7 Å². The van der Waals surface area contributed by atoms with Crippen LogP contribution in [0.15, 0.2) is 101 Å². The van der Waals surface area contributed by atoms with Gasteiger partial charge in [0.05, 0.1) is 22.5 Å². The number of anilines is 1. The number of para-hydroxylation sites is 2. The van der Waals surface area contributed by atoms with Crippen LogP contribution in [-0.4, -0.2) is 7.05 Å². The topological polar surface area (TPSA) is 11.0 Å². The third kappa shape index (κ3) is 3.71. The molecule has 5 rings (SSSR count). The third-order valence-corrected chi connectivity index (χ3v) is 6.77. The number of rotatable bonds is 5. The average molecular weight is 412 g/mol. The first-order valence-electron chi connectivity index (χ1n) is 10.4. The highest BCUT2D eigenvalue weighted by Gasteiger charge is 2.22. The first-order valence-corrected chi connectivity index (χ1v) is 11.2. The minimum Gasteiger partial charge on any atom is -0.338 e. The van der Waals surface area contributed by atoms with Gasteiger partial charge in [0.25, 0.3) is 0 Å². The average Bonchev–Trinajstić information content (AvgIpc) is 3.11. The van der Waals surface area contributed by atoms with Crippen LogP contribution in [-0.2, 0) is 13.1 Å². The van der Waals surface area contributed by atoms with Crippen molar-refractivity contribution >= 4 is 34.4 Å². The van der Waals surface area contributed by atoms with Crippen molar-refractivity contribution in [1.29, 1.82) is 0 Å². The molecule has 0 N–H and O–H groups in total. The number of hydrogen-bond acceptors (Lipinski definition) is 2. The monoisotopic (exact) mass is 411 g/mol. The molecule has 1 aliphatic rings. The van der Waals surface area contributed by atoms with E-state index in [9.17, 15) is 0 Å². The smallest absolute Gasteiger partial charge is 0.213 e. The van der Waals surface area contributed by atoms with Crippen molar-refractivity contribution < 1.29 is 9.13 Å². The van der Waals surface area contributed by atoms with E-state index in [0.717, 1.165) is 19.5 Å². The lowest BCUT2D eigenvalue weighted by atomic mass is 10.1. The van der Waals surface area contributed by atoms with Crippen molar-refractivity contribution in [2.24, 2.45) is 0 Å². The van der Waals surface area contributed by atoms with E-state index in [0.29, 0.717) is 0 Å². The molecule has 4 heteroatoms. The molecule has 30 heavy (non-hydrogen) atoms. The van der Waals surface area contributed by atoms with Gasteiger partial charge in [-0.2, -0.15) is 4.57 Å². The first-order chi connectivity index (χ1) is 14.8. The van der Waals surface area contributed by atoms with Gasteiger partial charge < -0.3 is 4.90 Å². The minimum absolute atomic E-state index is 0.999. The van der Waals surface area contributed by atoms with Crippen LogP contribution in [0.1, 0.15) is 12.0 Å². The Balaban J connectivity index is 1.42. The summed E-state index contributed by atoms with van der Waals surface area (Å²) in [5.74, 6) is 0. The lowest BCUT2D eigenvalue weighted by Crippen LogP contribution is -2.39. The highest BCUT2D eigenvalue weighted by molar-refractivity contribution is 8.03. The van der Waals surface area contributed by atoms with Crippen molar-refractivity contribution in [2.45, 2.75) is 24.4 Å². The van der Waals surface area contributed by atoms with E-state index in [1.54, 1.807) is 0 Å². The molecule has 0 saturated carbocycles. The Morgan fingerprint density at radius 3 is 2.50 bits per heavy atom. The van der Waals surface area contributed by atoms with Crippen molar-refractivity contribution in [3.8, 4) is 0 Å². The molecule has 148 valence electrons. The predicted octanol–water partition coefficient (Wildman–Crippen LogP) is 5.05. The van der Waals surface area contributed by atoms with E-state index in [-0.39, 0.29) is 0 Å². The minimum atomic E-state index is 0.999. The fourth-order valence-electron chi connectivity index (χ4n) is 4.02. The Labute approximate surface area is 181 Å². The summed E-state index contributed by atoms with van der Waals surface area (Å²) in [6, 6.07) is 25.8. The van der Waals surface area contributed by atoms with Gasteiger partial charge in [-0.3, -0.25) is 0 Å². The largest absolute Gasteiger partial charge is 0.338 e. The molecular formula is C26H25N3S+2. The third-order valence-electron chi connectivity index (χ3n) is 5.60. The number of benzene rings is 2. The Hall–Kier alpha value is -3.11. The summed E-state index contributed by atoms with van der Waals surface area (Å²) in [6.45, 7) is 2.02. The molecule has 0 radical (unpaired) electrons. The molecule has 0 spiro atoms. The Morgan fingerprint density at radius 1 is 0.833 bits per heavy atom. The Kier molecular flexibility index (Phi) is 5.24. The van der Waals surface area contributed by atoms with E-state index in [4.69, 9.17) is 0 Å². The molecule has 4 aromatic rings. The summed E-state index contributed by atoms with van der Waals surface area (Å²) < 4.78 is 4.62. The van der Waals surface area contributed by atoms with Crippen LogP contribution in [0, 0.1) is 0 Å². The molecule has 0 fully saturated rings. The number of thioether (sulfide) groups is 1. The number of hydrogen-bond donors (Lipinski definition) is 0. The van der Waals surface area contributed by atoms with Gasteiger partial charge in [0.2, 0.25) is 5.52 Å². The molecule has 0 saturated heterocycles. The van der Waals surface area contributed by atoms with Gasteiger partial charge in [-0.15, -0.1) is 0 Å². The molecule has 1 aliphatic heterocycles. The fraction of sp³-hybridized carbons (Fsp3) is 0.154. The Morgan fingerprint density at radius 2 is 1.63 bits per heavy atom. The summed E-state index contributed by atoms with van der Waals surface area (Å²) in [5, 5.41) is 2.56. The predicted molar refractivity (Wildman–Crippen MR) is 124 cm³/mol. The number of pyridine rings is 2. The van der Waals surface area contributed by atoms with Gasteiger partial charge in [-0.25, -0.2) is 4.57 Å². The number of aryl methyl sites for hydroxylation is 2. The molecule has 0 unspecified atom stereocenters. The van der Waals surface area contributed by atoms with Crippen LogP contribution >= 0.6 is 11.8 Å². The highest BCUT2D eigenvalue weighted by atomic mass is 32.2. The highest BCUT2D eigenvalue weighted by Crippen LogP contribution is 2.45. The molecule has 2 aromatic heterocycles. The second-order valence-corrected chi connectivity index (χ2v) is 8.62. The maximum absolute atomic E-state index is 2.38. The summed E-state index contributed by atoms with van der Waals surface area (Å²) in [6.07, 6.45) is 9.91. The second kappa shape index (κ2) is 8.33. The van der Waals surface area contributed by atoms with Crippen molar-refractivity contribution in [1.82, 2.24) is 0 Å². The molecule has 0 amide bonds. The van der Waals surface area contributed by atoms with Crippen LogP contribution in [0.4, 0.5) is 5.69 Å². The van der Waals surface area contributed by atoms with E-state index in [1.165, 1.54) is 32.1 Å². The maximum Gasteiger partial charge on any atom is 0.213 e. The summed E-state index contributed by atoms with van der Waals surface area (Å²) >= 11 is 1.84. The molecule has 0 atom stereocenters. The summed E-state index contributed by atoms with van der Waals surface area (Å²) in [4.78, 5) is 3.60. The van der Waals surface area contributed by atoms with Gasteiger partial charge in [0.1, 0.15) is 0 Å². The lowest BCUT2D eigenvalue weighted by Gasteiger charge is -2.13. The van der Waals surface area contributed by atoms with Crippen LogP contribution in [0.5, 0.6) is 0 Å². The van der Waals surface area contributed by atoms with E-state index in [1.807, 2.05) is 11.8 Å². The van der Waals surface area contributed by atoms with Crippen LogP contribution in [0.2, 0.25) is 0 Å². The van der Waals surface area contributed by atoms with Crippen molar-refractivity contribution in [3.63, 3.8) is 0 Å². The van der Waals surface area contributed by atoms with E-state index < -0.39 is 0 Å². The molecule has 2 aromatic carbocycles. The van der Waals surface area contributed by atoms with Gasteiger partial charge in [0, 0.05) is 36.2 Å². The standard InChI is InChI=1S/C26H25N3S/c1-27-24-12-5-6-13-25(24)30-26(27)20-21-14-19-29(23-11-4-3-10-22(21)23)18-9-17-28-15-7-2-8-16-28/h2-8,10-16,19-20H,9,17-18H2,1H3/q+2. The normalized spacial score (nSPS) is 14.4. The number of nitrogens with zero attached hydrogens (tertiary/aromatic N) is 3. The second-order valence-electron chi connectivity index (χ2n) is 7.56. The zero-order valence-corrected chi connectivity index (χ0v) is 17.9. The first kappa shape index (κ1) is 18.9. The van der Waals surface area contributed by atoms with E-state index >= 15 is 0 Å². The molecular weight excluding hydrogens is 386 g/mol. The van der Waals surface area contributed by atoms with Crippen LogP contribution < -0.4 is 14.0 Å². The number of fused-ring (bicyclic) bond motifs is 2. The molecule has 3 nitrogen and oxygen atoms in total. The van der Waals surface area contributed by atoms with Crippen molar-refractivity contribution in [2.75, 3.05) is 11.9 Å². The van der Waals surface area contributed by atoms with Crippen molar-refractivity contribution in [3.05, 3.63) is 102 Å². The van der Waals surface area contributed by atoms with Crippen LogP contribution in [0.3, 0.4) is 0 Å². The zero-order valence-electron chi connectivity index (χ0n) is 17.1. The van der Waals surface area contributed by atoms with Gasteiger partial charge >= 0.3 is 0 Å². The summed E-state index contributed by atoms with van der Waals surface area (Å²) in [7, 11) is 2.15.